The van der Waals surface area contributed by atoms with Crippen LogP contribution in [0.25, 0.3) is 4.85 Å². The van der Waals surface area contributed by atoms with E-state index in [9.17, 15) is 4.79 Å². The minimum atomic E-state index is -0.921. The first-order valence-corrected chi connectivity index (χ1v) is 3.42. The molecule has 0 saturated heterocycles. The third-order valence-corrected chi connectivity index (χ3v) is 1.37. The number of carbonyl (C=O) groups is 1. The van der Waals surface area contributed by atoms with E-state index in [0.29, 0.717) is 0 Å². The summed E-state index contributed by atoms with van der Waals surface area (Å²) in [6, 6.07) is 9.08. The Kier molecular flexibility index (Phi) is 2.44. The van der Waals surface area contributed by atoms with Gasteiger partial charge >= 0.3 is 12.0 Å². The normalized spacial score (nSPS) is 8.42. The Morgan fingerprint density at radius 2 is 2.00 bits per heavy atom. The van der Waals surface area contributed by atoms with E-state index in [0.717, 1.165) is 5.56 Å². The molecule has 0 unspecified atom stereocenters. The highest BCUT2D eigenvalue weighted by Crippen LogP contribution is 2.02. The molecule has 1 aromatic carbocycles. The number of hydrogen-bond acceptors (Lipinski definition) is 1. The topological polar surface area (TPSA) is 41.7 Å². The quantitative estimate of drug-likeness (QED) is 0.682. The molecule has 1 N–H and O–H groups in total. The van der Waals surface area contributed by atoms with Crippen LogP contribution >= 0.6 is 0 Å². The van der Waals surface area contributed by atoms with Crippen molar-refractivity contribution in [2.45, 2.75) is 0 Å². The number of rotatable bonds is 1. The van der Waals surface area contributed by atoms with E-state index in [1.807, 2.05) is 0 Å². The SMILES string of the molecule is C[N+]#Cc1ccc(C(=O)O)cc1. The second kappa shape index (κ2) is 3.54. The van der Waals surface area contributed by atoms with Gasteiger partial charge in [0.25, 0.3) is 7.05 Å². The van der Waals surface area contributed by atoms with Gasteiger partial charge in [-0.3, -0.25) is 0 Å². The second-order valence-electron chi connectivity index (χ2n) is 2.22. The zero-order valence-corrected chi connectivity index (χ0v) is 6.61. The van der Waals surface area contributed by atoms with Crippen LogP contribution < -0.4 is 0 Å². The average molecular weight is 162 g/mol. The molecule has 60 valence electrons. The van der Waals surface area contributed by atoms with Crippen molar-refractivity contribution in [3.8, 4) is 6.07 Å². The van der Waals surface area contributed by atoms with Crippen molar-refractivity contribution in [3.63, 3.8) is 0 Å². The Labute approximate surface area is 70.1 Å². The fourth-order valence-electron chi connectivity index (χ4n) is 0.816. The largest absolute Gasteiger partial charge is 0.478 e. The summed E-state index contributed by atoms with van der Waals surface area (Å²) in [6.45, 7) is 0. The minimum absolute atomic E-state index is 0.275. The third kappa shape index (κ3) is 1.83. The molecule has 1 rings (SSSR count). The molecule has 0 radical (unpaired) electrons. The lowest BCUT2D eigenvalue weighted by Crippen LogP contribution is -1.94. The number of hydrogen-bond donors (Lipinski definition) is 1. The lowest BCUT2D eigenvalue weighted by atomic mass is 10.1. The van der Waals surface area contributed by atoms with E-state index in [4.69, 9.17) is 5.11 Å². The van der Waals surface area contributed by atoms with Gasteiger partial charge in [-0.15, -0.1) is 0 Å². The summed E-state index contributed by atoms with van der Waals surface area (Å²) in [4.78, 5) is 14.1. The number of aromatic carboxylic acids is 1. The van der Waals surface area contributed by atoms with Crippen LogP contribution in [-0.2, 0) is 0 Å². The Morgan fingerprint density at radius 3 is 2.42 bits per heavy atom. The van der Waals surface area contributed by atoms with Crippen molar-refractivity contribution in [2.24, 2.45) is 0 Å². The molecule has 0 aliphatic carbocycles. The van der Waals surface area contributed by atoms with Gasteiger partial charge in [-0.05, 0) is 24.3 Å². The van der Waals surface area contributed by atoms with Crippen molar-refractivity contribution in [1.82, 2.24) is 0 Å². The van der Waals surface area contributed by atoms with Crippen molar-refractivity contribution in [3.05, 3.63) is 40.2 Å². The fraction of sp³-hybridized carbons (Fsp3) is 0.111. The van der Waals surface area contributed by atoms with Crippen LogP contribution in [0, 0.1) is 6.07 Å². The van der Waals surface area contributed by atoms with E-state index < -0.39 is 5.97 Å². The summed E-state index contributed by atoms with van der Waals surface area (Å²) >= 11 is 0. The lowest BCUT2D eigenvalue weighted by Gasteiger charge is -1.90. The molecule has 0 bridgehead atoms. The van der Waals surface area contributed by atoms with Crippen molar-refractivity contribution in [1.29, 1.82) is 0 Å². The monoisotopic (exact) mass is 162 g/mol. The number of nitrogens with zero attached hydrogens (tertiary/aromatic N) is 1. The van der Waals surface area contributed by atoms with E-state index >= 15 is 0 Å². The molecule has 0 aliphatic heterocycles. The minimum Gasteiger partial charge on any atom is -0.478 e. The Balaban J connectivity index is 2.98. The van der Waals surface area contributed by atoms with Gasteiger partial charge in [0.1, 0.15) is 5.56 Å². The Bertz CT molecular complexity index is 343. The highest BCUT2D eigenvalue weighted by molar-refractivity contribution is 5.87. The molecule has 0 atom stereocenters. The lowest BCUT2D eigenvalue weighted by molar-refractivity contribution is 0.0697. The van der Waals surface area contributed by atoms with Crippen molar-refractivity contribution < 1.29 is 9.90 Å². The summed E-state index contributed by atoms with van der Waals surface area (Å²) in [5.74, 6) is -0.921. The first kappa shape index (κ1) is 8.28. The highest BCUT2D eigenvalue weighted by Gasteiger charge is 2.01. The van der Waals surface area contributed by atoms with Gasteiger partial charge in [0.05, 0.1) is 5.56 Å². The van der Waals surface area contributed by atoms with E-state index in [-0.39, 0.29) is 5.56 Å². The van der Waals surface area contributed by atoms with Gasteiger partial charge in [0, 0.05) is 0 Å². The van der Waals surface area contributed by atoms with Crippen molar-refractivity contribution in [2.75, 3.05) is 7.05 Å². The predicted molar refractivity (Wildman–Crippen MR) is 45.7 cm³/mol. The second-order valence-corrected chi connectivity index (χ2v) is 2.22. The van der Waals surface area contributed by atoms with Gasteiger partial charge in [-0.1, -0.05) is 4.85 Å². The van der Waals surface area contributed by atoms with Crippen LogP contribution in [0.15, 0.2) is 24.3 Å². The molecule has 0 spiro atoms. The smallest absolute Gasteiger partial charge is 0.335 e. The maximum absolute atomic E-state index is 10.4. The fourth-order valence-corrected chi connectivity index (χ4v) is 0.816. The summed E-state index contributed by atoms with van der Waals surface area (Å²) in [7, 11) is 1.62. The molecular weight excluding hydrogens is 154 g/mol. The molecule has 0 saturated carbocycles. The maximum atomic E-state index is 10.4. The van der Waals surface area contributed by atoms with E-state index in [1.165, 1.54) is 12.1 Å². The number of benzene rings is 1. The average Bonchev–Trinajstić information content (AvgIpc) is 2.06. The van der Waals surface area contributed by atoms with Crippen molar-refractivity contribution >= 4 is 5.97 Å². The molecule has 0 aliphatic rings. The van der Waals surface area contributed by atoms with Crippen LogP contribution in [0.3, 0.4) is 0 Å². The van der Waals surface area contributed by atoms with Crippen LogP contribution in [0.5, 0.6) is 0 Å². The molecule has 12 heavy (non-hydrogen) atoms. The summed E-state index contributed by atoms with van der Waals surface area (Å²) in [5.41, 5.74) is 1.05. The number of carboxylic acid groups (broad SMARTS) is 1. The van der Waals surface area contributed by atoms with E-state index in [2.05, 4.69) is 10.9 Å². The maximum Gasteiger partial charge on any atom is 0.335 e. The van der Waals surface area contributed by atoms with Gasteiger partial charge in [-0.2, -0.15) is 0 Å². The Hall–Kier alpha value is -1.82. The van der Waals surface area contributed by atoms with Gasteiger partial charge in [-0.25, -0.2) is 4.79 Å². The standard InChI is InChI=1S/C9H7NO2/c1-10-6-7-2-4-8(5-3-7)9(11)12/h2-5H,1H3/p+1. The highest BCUT2D eigenvalue weighted by atomic mass is 16.4. The molecule has 0 heterocycles. The van der Waals surface area contributed by atoms with E-state index in [1.54, 1.807) is 19.2 Å². The Morgan fingerprint density at radius 1 is 1.42 bits per heavy atom. The molecule has 3 nitrogen and oxygen atoms in total. The van der Waals surface area contributed by atoms with Crippen LogP contribution in [0.2, 0.25) is 0 Å². The molecule has 1 aromatic rings. The zero-order chi connectivity index (χ0) is 8.97. The molecule has 0 amide bonds. The molecular formula is C9H8NO2+. The van der Waals surface area contributed by atoms with Crippen LogP contribution in [-0.4, -0.2) is 18.1 Å². The first-order chi connectivity index (χ1) is 5.74. The molecule has 0 aromatic heterocycles. The van der Waals surface area contributed by atoms with Crippen LogP contribution in [0.4, 0.5) is 0 Å². The van der Waals surface area contributed by atoms with Crippen LogP contribution in [0.1, 0.15) is 15.9 Å². The summed E-state index contributed by atoms with van der Waals surface area (Å²) in [6.07, 6.45) is 0. The molecule has 3 heteroatoms. The molecule has 0 fully saturated rings. The van der Waals surface area contributed by atoms with Gasteiger partial charge in [0.2, 0.25) is 0 Å². The summed E-state index contributed by atoms with van der Waals surface area (Å²) < 4.78 is 0. The third-order valence-electron chi connectivity index (χ3n) is 1.37. The number of carboxylic acids is 1. The first-order valence-electron chi connectivity index (χ1n) is 3.42. The predicted octanol–water partition coefficient (Wildman–Crippen LogP) is 1.70. The summed E-state index contributed by atoms with van der Waals surface area (Å²) in [5, 5.41) is 8.56. The van der Waals surface area contributed by atoms with Gasteiger partial charge in [0.15, 0.2) is 0 Å². The van der Waals surface area contributed by atoms with Gasteiger partial charge < -0.3 is 5.11 Å². The zero-order valence-electron chi connectivity index (χ0n) is 6.61.